The Hall–Kier alpha value is -2.10. The van der Waals surface area contributed by atoms with E-state index in [2.05, 4.69) is 4.98 Å². The van der Waals surface area contributed by atoms with Crippen molar-refractivity contribution in [3.05, 3.63) is 45.1 Å². The van der Waals surface area contributed by atoms with Gasteiger partial charge in [-0.2, -0.15) is 4.31 Å². The molecule has 2 aromatic rings. The number of fused-ring (bicyclic) bond motifs is 2. The number of hydrogen-bond acceptors (Lipinski definition) is 6. The number of rotatable bonds is 2. The number of sulfonamides is 1. The van der Waals surface area contributed by atoms with E-state index in [0.717, 1.165) is 0 Å². The number of halogens is 1. The molecule has 0 N–H and O–H groups in total. The summed E-state index contributed by atoms with van der Waals surface area (Å²) in [6, 6.07) is 2.84. The zero-order chi connectivity index (χ0) is 18.5. The van der Waals surface area contributed by atoms with Crippen LogP contribution in [0.5, 0.6) is 11.5 Å². The lowest BCUT2D eigenvalue weighted by Crippen LogP contribution is -2.40. The van der Waals surface area contributed by atoms with Crippen LogP contribution in [0.4, 0.5) is 0 Å². The van der Waals surface area contributed by atoms with E-state index in [9.17, 15) is 13.2 Å². The SMILES string of the molecule is Cn1cnc2c(c1=O)CCN(S(=O)(=O)c1cc3c(cc1Cl)OCCO3)C2. The molecule has 1 aromatic carbocycles. The molecule has 0 unspecified atom stereocenters. The second kappa shape index (κ2) is 6.26. The molecule has 10 heteroatoms. The van der Waals surface area contributed by atoms with Gasteiger partial charge in [0.25, 0.3) is 5.56 Å². The molecule has 0 atom stereocenters. The van der Waals surface area contributed by atoms with Gasteiger partial charge in [0.05, 0.1) is 23.6 Å². The molecule has 0 amide bonds. The molecule has 0 saturated carbocycles. The van der Waals surface area contributed by atoms with E-state index in [0.29, 0.717) is 42.4 Å². The lowest BCUT2D eigenvalue weighted by Gasteiger charge is -2.28. The highest BCUT2D eigenvalue weighted by Crippen LogP contribution is 2.38. The molecule has 0 spiro atoms. The predicted molar refractivity (Wildman–Crippen MR) is 93.2 cm³/mol. The molecule has 0 bridgehead atoms. The van der Waals surface area contributed by atoms with E-state index in [1.807, 2.05) is 0 Å². The zero-order valence-electron chi connectivity index (χ0n) is 13.9. The summed E-state index contributed by atoms with van der Waals surface area (Å²) in [6.45, 7) is 0.941. The monoisotopic (exact) mass is 397 g/mol. The molecular weight excluding hydrogens is 382 g/mol. The maximum absolute atomic E-state index is 13.1. The van der Waals surface area contributed by atoms with Gasteiger partial charge in [0, 0.05) is 31.3 Å². The highest BCUT2D eigenvalue weighted by Gasteiger charge is 2.33. The van der Waals surface area contributed by atoms with Gasteiger partial charge in [0.15, 0.2) is 11.5 Å². The van der Waals surface area contributed by atoms with Crippen molar-refractivity contribution in [2.24, 2.45) is 7.05 Å². The van der Waals surface area contributed by atoms with Crippen molar-refractivity contribution < 1.29 is 17.9 Å². The van der Waals surface area contributed by atoms with Gasteiger partial charge in [0.1, 0.15) is 18.1 Å². The number of ether oxygens (including phenoxy) is 2. The van der Waals surface area contributed by atoms with Crippen LogP contribution in [0.25, 0.3) is 0 Å². The fourth-order valence-corrected chi connectivity index (χ4v) is 4.99. The molecule has 26 heavy (non-hydrogen) atoms. The first-order valence-corrected chi connectivity index (χ1v) is 9.82. The van der Waals surface area contributed by atoms with Crippen molar-refractivity contribution in [3.63, 3.8) is 0 Å². The Bertz CT molecular complexity index is 1050. The lowest BCUT2D eigenvalue weighted by atomic mass is 10.1. The molecule has 8 nitrogen and oxygen atoms in total. The van der Waals surface area contributed by atoms with Gasteiger partial charge in [-0.25, -0.2) is 13.4 Å². The Kier molecular flexibility index (Phi) is 4.17. The minimum atomic E-state index is -3.87. The Balaban J connectivity index is 1.72. The zero-order valence-corrected chi connectivity index (χ0v) is 15.5. The molecule has 2 aliphatic heterocycles. The Morgan fingerprint density at radius 2 is 1.88 bits per heavy atom. The van der Waals surface area contributed by atoms with Gasteiger partial charge in [-0.05, 0) is 6.42 Å². The topological polar surface area (TPSA) is 90.7 Å². The summed E-state index contributed by atoms with van der Waals surface area (Å²) in [4.78, 5) is 16.3. The van der Waals surface area contributed by atoms with Crippen LogP contribution in [0.1, 0.15) is 11.3 Å². The number of aromatic nitrogens is 2. The molecule has 4 rings (SSSR count). The minimum absolute atomic E-state index is 0.0263. The number of hydrogen-bond donors (Lipinski definition) is 0. The van der Waals surface area contributed by atoms with Gasteiger partial charge in [-0.1, -0.05) is 11.6 Å². The summed E-state index contributed by atoms with van der Waals surface area (Å²) in [5, 5.41) is 0.0666. The molecule has 1 aromatic heterocycles. The van der Waals surface area contributed by atoms with Crippen molar-refractivity contribution in [1.29, 1.82) is 0 Å². The van der Waals surface area contributed by atoms with Crippen LogP contribution in [0, 0.1) is 0 Å². The molecule has 0 aliphatic carbocycles. The summed E-state index contributed by atoms with van der Waals surface area (Å²) in [6.07, 6.45) is 1.70. The van der Waals surface area contributed by atoms with Gasteiger partial charge in [-0.3, -0.25) is 4.79 Å². The fraction of sp³-hybridized carbons (Fsp3) is 0.375. The second-order valence-corrected chi connectivity index (χ2v) is 8.41. The maximum Gasteiger partial charge on any atom is 0.256 e. The minimum Gasteiger partial charge on any atom is -0.486 e. The van der Waals surface area contributed by atoms with Crippen molar-refractivity contribution in [1.82, 2.24) is 13.9 Å². The lowest BCUT2D eigenvalue weighted by molar-refractivity contribution is 0.171. The molecular formula is C16H16ClN3O5S. The van der Waals surface area contributed by atoms with E-state index >= 15 is 0 Å². The molecule has 0 fully saturated rings. The largest absolute Gasteiger partial charge is 0.486 e. The normalized spacial score (nSPS) is 17.0. The van der Waals surface area contributed by atoms with Crippen LogP contribution < -0.4 is 15.0 Å². The standard InChI is InChI=1S/C16H16ClN3O5S/c1-19-9-18-12-8-20(3-2-10(12)16(19)21)26(22,23)15-7-14-13(6-11(15)17)24-4-5-25-14/h6-7,9H,2-5,8H2,1H3. The number of aryl methyl sites for hydroxylation is 1. The molecule has 0 radical (unpaired) electrons. The summed E-state index contributed by atoms with van der Waals surface area (Å²) in [5.41, 5.74) is 0.871. The maximum atomic E-state index is 13.1. The highest BCUT2D eigenvalue weighted by molar-refractivity contribution is 7.89. The molecule has 0 saturated heterocycles. The smallest absolute Gasteiger partial charge is 0.256 e. The van der Waals surface area contributed by atoms with Crippen LogP contribution in [0.2, 0.25) is 5.02 Å². The van der Waals surface area contributed by atoms with Crippen LogP contribution >= 0.6 is 11.6 Å². The van der Waals surface area contributed by atoms with E-state index in [1.165, 1.54) is 27.3 Å². The Labute approximate surface area is 155 Å². The fourth-order valence-electron chi connectivity index (χ4n) is 3.08. The van der Waals surface area contributed by atoms with Gasteiger partial charge in [-0.15, -0.1) is 0 Å². The summed E-state index contributed by atoms with van der Waals surface area (Å²) >= 11 is 6.20. The third-order valence-electron chi connectivity index (χ3n) is 4.47. The van der Waals surface area contributed by atoms with Crippen molar-refractivity contribution in [2.75, 3.05) is 19.8 Å². The molecule has 138 valence electrons. The Morgan fingerprint density at radius 1 is 1.19 bits per heavy atom. The van der Waals surface area contributed by atoms with Gasteiger partial charge >= 0.3 is 0 Å². The van der Waals surface area contributed by atoms with Crippen LogP contribution in [-0.2, 0) is 30.0 Å². The highest BCUT2D eigenvalue weighted by atomic mass is 35.5. The van der Waals surface area contributed by atoms with Crippen molar-refractivity contribution in [3.8, 4) is 11.5 Å². The Morgan fingerprint density at radius 3 is 2.62 bits per heavy atom. The van der Waals surface area contributed by atoms with Crippen molar-refractivity contribution in [2.45, 2.75) is 17.9 Å². The van der Waals surface area contributed by atoms with E-state index in [-0.39, 0.29) is 28.6 Å². The first-order valence-electron chi connectivity index (χ1n) is 8.00. The van der Waals surface area contributed by atoms with Gasteiger partial charge < -0.3 is 14.0 Å². The van der Waals surface area contributed by atoms with E-state index in [1.54, 1.807) is 7.05 Å². The summed E-state index contributed by atoms with van der Waals surface area (Å²) in [5.74, 6) is 0.776. The first-order chi connectivity index (χ1) is 12.4. The van der Waals surface area contributed by atoms with Crippen molar-refractivity contribution >= 4 is 21.6 Å². The molecule has 3 heterocycles. The van der Waals surface area contributed by atoms with E-state index in [4.69, 9.17) is 21.1 Å². The van der Waals surface area contributed by atoms with Crippen LogP contribution in [-0.4, -0.2) is 42.0 Å². The molecule has 2 aliphatic rings. The quantitative estimate of drug-likeness (QED) is 0.749. The van der Waals surface area contributed by atoms with E-state index < -0.39 is 10.0 Å². The third kappa shape index (κ3) is 2.76. The van der Waals surface area contributed by atoms with Crippen LogP contribution in [0.3, 0.4) is 0 Å². The van der Waals surface area contributed by atoms with Crippen LogP contribution in [0.15, 0.2) is 28.2 Å². The number of nitrogens with zero attached hydrogens (tertiary/aromatic N) is 3. The average molecular weight is 398 g/mol. The average Bonchev–Trinajstić information content (AvgIpc) is 2.64. The summed E-state index contributed by atoms with van der Waals surface area (Å²) < 4.78 is 39.7. The third-order valence-corrected chi connectivity index (χ3v) is 6.78. The first kappa shape index (κ1) is 17.3. The van der Waals surface area contributed by atoms with Gasteiger partial charge in [0.2, 0.25) is 10.0 Å². The second-order valence-electron chi connectivity index (χ2n) is 6.10. The number of benzene rings is 1. The summed E-state index contributed by atoms with van der Waals surface area (Å²) in [7, 11) is -2.26. The predicted octanol–water partition coefficient (Wildman–Crippen LogP) is 0.952.